The Kier molecular flexibility index (Phi) is 4.12. The van der Waals surface area contributed by atoms with Gasteiger partial charge in [0, 0.05) is 24.3 Å². The molecule has 114 valence electrons. The summed E-state index contributed by atoms with van der Waals surface area (Å²) in [5.74, 6) is 0.763. The van der Waals surface area contributed by atoms with Gasteiger partial charge in [0.1, 0.15) is 5.52 Å². The van der Waals surface area contributed by atoms with Gasteiger partial charge in [0.05, 0.1) is 6.54 Å². The molecule has 0 bridgehead atoms. The van der Waals surface area contributed by atoms with Crippen LogP contribution in [0.3, 0.4) is 0 Å². The lowest BCUT2D eigenvalue weighted by molar-refractivity contribution is 0.186. The summed E-state index contributed by atoms with van der Waals surface area (Å²) in [5.41, 5.74) is 8.13. The van der Waals surface area contributed by atoms with Crippen molar-refractivity contribution >= 4 is 16.8 Å². The highest BCUT2D eigenvalue weighted by Crippen LogP contribution is 2.21. The van der Waals surface area contributed by atoms with Crippen LogP contribution in [0.5, 0.6) is 0 Å². The van der Waals surface area contributed by atoms with Gasteiger partial charge in [-0.05, 0) is 45.1 Å². The predicted octanol–water partition coefficient (Wildman–Crippen LogP) is 2.33. The van der Waals surface area contributed by atoms with Gasteiger partial charge in [-0.1, -0.05) is 6.92 Å². The van der Waals surface area contributed by atoms with E-state index >= 15 is 0 Å². The summed E-state index contributed by atoms with van der Waals surface area (Å²) >= 11 is 0. The number of oxazole rings is 1. The van der Waals surface area contributed by atoms with Crippen LogP contribution in [0.1, 0.15) is 25.7 Å². The first-order chi connectivity index (χ1) is 10.2. The van der Waals surface area contributed by atoms with Gasteiger partial charge in [-0.2, -0.15) is 0 Å². The molecule has 1 aliphatic rings. The average molecular weight is 288 g/mol. The molecule has 0 saturated carbocycles. The summed E-state index contributed by atoms with van der Waals surface area (Å²) in [6.07, 6.45) is 2.61. The standard InChI is InChI=1S/C16H24N4O/c1-3-20-8-4-5-13(20)10-19(2)11-16-18-14-7-6-12(17)9-15(14)21-16/h6-7,9,13H,3-5,8,10-11,17H2,1-2H3. The second-order valence-electron chi connectivity index (χ2n) is 5.96. The number of rotatable bonds is 5. The van der Waals surface area contributed by atoms with Crippen LogP contribution in [0.2, 0.25) is 0 Å². The summed E-state index contributed by atoms with van der Waals surface area (Å²) in [5, 5.41) is 0. The number of aromatic nitrogens is 1. The maximum absolute atomic E-state index is 5.79. The van der Waals surface area contributed by atoms with Crippen LogP contribution >= 0.6 is 0 Å². The number of benzene rings is 1. The SMILES string of the molecule is CCN1CCCC1CN(C)Cc1nc2ccc(N)cc2o1. The van der Waals surface area contributed by atoms with E-state index in [0.29, 0.717) is 11.7 Å². The molecule has 1 unspecified atom stereocenters. The molecule has 0 spiro atoms. The zero-order chi connectivity index (χ0) is 14.8. The molecule has 2 heterocycles. The summed E-state index contributed by atoms with van der Waals surface area (Å²) in [4.78, 5) is 9.39. The molecule has 2 N–H and O–H groups in total. The summed E-state index contributed by atoms with van der Waals surface area (Å²) in [7, 11) is 2.13. The third-order valence-corrected chi connectivity index (χ3v) is 4.29. The fourth-order valence-corrected chi connectivity index (χ4v) is 3.23. The van der Waals surface area contributed by atoms with E-state index in [1.807, 2.05) is 18.2 Å². The van der Waals surface area contributed by atoms with Gasteiger partial charge in [-0.25, -0.2) is 4.98 Å². The molecule has 2 aromatic rings. The van der Waals surface area contributed by atoms with Crippen molar-refractivity contribution in [2.45, 2.75) is 32.4 Å². The third-order valence-electron chi connectivity index (χ3n) is 4.29. The molecule has 5 heteroatoms. The van der Waals surface area contributed by atoms with Gasteiger partial charge in [0.2, 0.25) is 5.89 Å². The number of anilines is 1. The van der Waals surface area contributed by atoms with Crippen molar-refractivity contribution in [2.75, 3.05) is 32.4 Å². The highest BCUT2D eigenvalue weighted by molar-refractivity contribution is 5.76. The average Bonchev–Trinajstić information content (AvgIpc) is 3.03. The smallest absolute Gasteiger partial charge is 0.209 e. The summed E-state index contributed by atoms with van der Waals surface area (Å²) in [6.45, 7) is 6.42. The van der Waals surface area contributed by atoms with Crippen LogP contribution in [0, 0.1) is 0 Å². The number of likely N-dealkylation sites (tertiary alicyclic amines) is 1. The van der Waals surface area contributed by atoms with Crippen molar-refractivity contribution in [2.24, 2.45) is 0 Å². The Labute approximate surface area is 125 Å². The Morgan fingerprint density at radius 3 is 3.14 bits per heavy atom. The molecular formula is C16H24N4O. The molecule has 0 radical (unpaired) electrons. The van der Waals surface area contributed by atoms with Crippen molar-refractivity contribution < 1.29 is 4.42 Å². The van der Waals surface area contributed by atoms with Crippen LogP contribution in [0.4, 0.5) is 5.69 Å². The van der Waals surface area contributed by atoms with Crippen molar-refractivity contribution in [3.63, 3.8) is 0 Å². The monoisotopic (exact) mass is 288 g/mol. The lowest BCUT2D eigenvalue weighted by Crippen LogP contribution is -2.38. The summed E-state index contributed by atoms with van der Waals surface area (Å²) in [6, 6.07) is 6.27. The Hall–Kier alpha value is -1.59. The minimum atomic E-state index is 0.667. The summed E-state index contributed by atoms with van der Waals surface area (Å²) < 4.78 is 5.79. The van der Waals surface area contributed by atoms with Gasteiger partial charge < -0.3 is 10.2 Å². The van der Waals surface area contributed by atoms with Crippen molar-refractivity contribution in [3.05, 3.63) is 24.1 Å². The van der Waals surface area contributed by atoms with Gasteiger partial charge >= 0.3 is 0 Å². The number of hydrogen-bond donors (Lipinski definition) is 1. The Balaban J connectivity index is 1.64. The number of likely N-dealkylation sites (N-methyl/N-ethyl adjacent to an activating group) is 2. The van der Waals surface area contributed by atoms with E-state index in [0.717, 1.165) is 36.6 Å². The van der Waals surface area contributed by atoms with E-state index in [-0.39, 0.29) is 0 Å². The molecule has 5 nitrogen and oxygen atoms in total. The molecule has 0 amide bonds. The molecule has 1 saturated heterocycles. The number of fused-ring (bicyclic) bond motifs is 1. The zero-order valence-electron chi connectivity index (χ0n) is 12.9. The van der Waals surface area contributed by atoms with Gasteiger partial charge in [-0.3, -0.25) is 9.80 Å². The second kappa shape index (κ2) is 6.03. The molecule has 21 heavy (non-hydrogen) atoms. The maximum atomic E-state index is 5.79. The first-order valence-electron chi connectivity index (χ1n) is 7.73. The highest BCUT2D eigenvalue weighted by atomic mass is 16.3. The molecule has 3 rings (SSSR count). The predicted molar refractivity (Wildman–Crippen MR) is 85.0 cm³/mol. The normalized spacial score (nSPS) is 19.9. The molecule has 1 atom stereocenters. The molecule has 1 fully saturated rings. The van der Waals surface area contributed by atoms with E-state index in [1.54, 1.807) is 0 Å². The topological polar surface area (TPSA) is 58.5 Å². The zero-order valence-corrected chi connectivity index (χ0v) is 12.9. The number of nitrogens with two attached hydrogens (primary N) is 1. The molecule has 1 aromatic carbocycles. The fourth-order valence-electron chi connectivity index (χ4n) is 3.23. The van der Waals surface area contributed by atoms with Crippen LogP contribution < -0.4 is 5.73 Å². The van der Waals surface area contributed by atoms with Crippen molar-refractivity contribution in [1.29, 1.82) is 0 Å². The van der Waals surface area contributed by atoms with Crippen LogP contribution in [0.15, 0.2) is 22.6 Å². The minimum Gasteiger partial charge on any atom is -0.439 e. The largest absolute Gasteiger partial charge is 0.439 e. The van der Waals surface area contributed by atoms with Gasteiger partial charge in [0.15, 0.2) is 5.58 Å². The lowest BCUT2D eigenvalue weighted by Gasteiger charge is -2.26. The van der Waals surface area contributed by atoms with Crippen LogP contribution in [0.25, 0.3) is 11.1 Å². The van der Waals surface area contributed by atoms with E-state index < -0.39 is 0 Å². The van der Waals surface area contributed by atoms with E-state index in [9.17, 15) is 0 Å². The fraction of sp³-hybridized carbons (Fsp3) is 0.562. The third kappa shape index (κ3) is 3.19. The van der Waals surface area contributed by atoms with E-state index in [2.05, 4.69) is 28.8 Å². The van der Waals surface area contributed by atoms with Gasteiger partial charge in [0.25, 0.3) is 0 Å². The second-order valence-corrected chi connectivity index (χ2v) is 5.96. The molecule has 1 aromatic heterocycles. The molecular weight excluding hydrogens is 264 g/mol. The molecule has 0 aliphatic carbocycles. The van der Waals surface area contributed by atoms with Crippen LogP contribution in [-0.4, -0.2) is 47.5 Å². The van der Waals surface area contributed by atoms with Gasteiger partial charge in [-0.15, -0.1) is 0 Å². The number of hydrogen-bond acceptors (Lipinski definition) is 5. The maximum Gasteiger partial charge on any atom is 0.209 e. The minimum absolute atomic E-state index is 0.667. The number of nitrogen functional groups attached to an aromatic ring is 1. The highest BCUT2D eigenvalue weighted by Gasteiger charge is 2.24. The molecule has 1 aliphatic heterocycles. The Bertz CT molecular complexity index is 609. The van der Waals surface area contributed by atoms with Crippen LogP contribution in [-0.2, 0) is 6.54 Å². The first kappa shape index (κ1) is 14.4. The lowest BCUT2D eigenvalue weighted by atomic mass is 10.2. The number of nitrogens with zero attached hydrogens (tertiary/aromatic N) is 3. The quantitative estimate of drug-likeness (QED) is 0.856. The van der Waals surface area contributed by atoms with Crippen molar-refractivity contribution in [1.82, 2.24) is 14.8 Å². The van der Waals surface area contributed by atoms with E-state index in [4.69, 9.17) is 10.2 Å². The first-order valence-corrected chi connectivity index (χ1v) is 7.73. The van der Waals surface area contributed by atoms with E-state index in [1.165, 1.54) is 19.4 Å². The Morgan fingerprint density at radius 1 is 1.48 bits per heavy atom. The van der Waals surface area contributed by atoms with Crippen molar-refractivity contribution in [3.8, 4) is 0 Å². The Morgan fingerprint density at radius 2 is 2.33 bits per heavy atom.